The Kier molecular flexibility index (Phi) is 7.61. The molecule has 2 aliphatic heterocycles. The summed E-state index contributed by atoms with van der Waals surface area (Å²) in [5, 5.41) is 6.77. The largest absolute Gasteiger partial charge is 0.466 e. The van der Waals surface area contributed by atoms with Crippen LogP contribution < -0.4 is 0 Å². The number of likely N-dealkylation sites (tertiary alicyclic amines) is 1. The number of hydrazone groups is 1. The van der Waals surface area contributed by atoms with Gasteiger partial charge in [-0.1, -0.05) is 60.7 Å². The van der Waals surface area contributed by atoms with Gasteiger partial charge in [0.1, 0.15) is 0 Å². The zero-order valence-corrected chi connectivity index (χ0v) is 21.0. The lowest BCUT2D eigenvalue weighted by Crippen LogP contribution is -2.43. The molecule has 1 aliphatic carbocycles. The van der Waals surface area contributed by atoms with Gasteiger partial charge in [-0.15, -0.1) is 0 Å². The lowest BCUT2D eigenvalue weighted by molar-refractivity contribution is -0.149. The van der Waals surface area contributed by atoms with E-state index in [9.17, 15) is 9.59 Å². The molecule has 0 radical (unpaired) electrons. The van der Waals surface area contributed by atoms with Gasteiger partial charge in [0, 0.05) is 5.92 Å². The number of fused-ring (bicyclic) bond motifs is 1. The molecule has 3 aliphatic rings. The number of amides is 1. The number of benzene rings is 2. The summed E-state index contributed by atoms with van der Waals surface area (Å²) in [5.41, 5.74) is 4.61. The molecule has 6 heteroatoms. The molecular weight excluding hydrogens is 450 g/mol. The maximum atomic E-state index is 13.7. The van der Waals surface area contributed by atoms with Crippen molar-refractivity contribution in [3.63, 3.8) is 0 Å². The molecular formula is C30H35N3O3. The van der Waals surface area contributed by atoms with Gasteiger partial charge in [-0.3, -0.25) is 14.5 Å². The fourth-order valence-electron chi connectivity index (χ4n) is 5.79. The third-order valence-electron chi connectivity index (χ3n) is 7.61. The Morgan fingerprint density at radius 1 is 1.00 bits per heavy atom. The predicted molar refractivity (Wildman–Crippen MR) is 141 cm³/mol. The van der Waals surface area contributed by atoms with Gasteiger partial charge in [0.15, 0.2) is 0 Å². The van der Waals surface area contributed by atoms with Crippen LogP contribution in [-0.4, -0.2) is 53.7 Å². The van der Waals surface area contributed by atoms with Crippen LogP contribution in [0, 0.1) is 11.8 Å². The molecule has 0 N–H and O–H groups in total. The summed E-state index contributed by atoms with van der Waals surface area (Å²) in [6, 6.07) is 20.6. The van der Waals surface area contributed by atoms with Gasteiger partial charge in [0.25, 0.3) is 5.91 Å². The third kappa shape index (κ3) is 5.29. The van der Waals surface area contributed by atoms with Crippen molar-refractivity contribution in [3.8, 4) is 0 Å². The number of piperidine rings is 1. The van der Waals surface area contributed by atoms with Gasteiger partial charge < -0.3 is 4.74 Å². The van der Waals surface area contributed by atoms with Crippen LogP contribution in [0.25, 0.3) is 6.08 Å². The number of carbonyl (C=O) groups is 2. The Balaban J connectivity index is 1.36. The lowest BCUT2D eigenvalue weighted by atomic mass is 9.77. The Bertz CT molecular complexity index is 1120. The first-order chi connectivity index (χ1) is 17.6. The molecule has 0 spiro atoms. The molecule has 5 rings (SSSR count). The van der Waals surface area contributed by atoms with Crippen LogP contribution in [0.5, 0.6) is 0 Å². The molecule has 1 saturated heterocycles. The van der Waals surface area contributed by atoms with Crippen molar-refractivity contribution in [3.05, 3.63) is 77.4 Å². The van der Waals surface area contributed by atoms with Crippen molar-refractivity contribution < 1.29 is 14.3 Å². The standard InChI is InChI=1S/C30H35N3O3/c1-2-36-30(35)24-16-18-32(19-17-24)21-27(34)33-29(23-12-7-4-8-13-23)26-15-9-14-25(28(26)31-33)20-22-10-5-3-6-11-22/h3-8,10-13,20,24,26,29H,2,9,14-19,21H2,1H3/b25-20-. The summed E-state index contributed by atoms with van der Waals surface area (Å²) >= 11 is 0. The van der Waals surface area contributed by atoms with Gasteiger partial charge in [-0.05, 0) is 74.9 Å². The minimum Gasteiger partial charge on any atom is -0.466 e. The van der Waals surface area contributed by atoms with Gasteiger partial charge in [-0.2, -0.15) is 5.10 Å². The Labute approximate surface area is 213 Å². The van der Waals surface area contributed by atoms with Crippen molar-refractivity contribution in [2.24, 2.45) is 16.9 Å². The summed E-state index contributed by atoms with van der Waals surface area (Å²) in [4.78, 5) is 27.9. The molecule has 2 aromatic rings. The molecule has 2 unspecified atom stereocenters. The highest BCUT2D eigenvalue weighted by molar-refractivity contribution is 6.08. The van der Waals surface area contributed by atoms with Crippen LogP contribution in [0.4, 0.5) is 0 Å². The summed E-state index contributed by atoms with van der Waals surface area (Å²) in [5.74, 6) is 0.0586. The first-order valence-electron chi connectivity index (χ1n) is 13.2. The predicted octanol–water partition coefficient (Wildman–Crippen LogP) is 5.08. The second-order valence-electron chi connectivity index (χ2n) is 9.96. The van der Waals surface area contributed by atoms with Gasteiger partial charge in [-0.25, -0.2) is 5.01 Å². The van der Waals surface area contributed by atoms with E-state index >= 15 is 0 Å². The normalized spacial score (nSPS) is 23.9. The average molecular weight is 486 g/mol. The molecule has 1 saturated carbocycles. The van der Waals surface area contributed by atoms with E-state index in [-0.39, 0.29) is 29.8 Å². The van der Waals surface area contributed by atoms with Crippen LogP contribution in [0.2, 0.25) is 0 Å². The minimum atomic E-state index is -0.111. The fraction of sp³-hybridized carbons (Fsp3) is 0.433. The van der Waals surface area contributed by atoms with Crippen LogP contribution >= 0.6 is 0 Å². The number of carbonyl (C=O) groups excluding carboxylic acids is 2. The quantitative estimate of drug-likeness (QED) is 0.535. The number of allylic oxidation sites excluding steroid dienone is 1. The SMILES string of the molecule is CCOC(=O)C1CCN(CC(=O)N2N=C3/C(=C\c4ccccc4)CCCC3C2c2ccccc2)CC1. The van der Waals surface area contributed by atoms with E-state index in [1.165, 1.54) is 11.1 Å². The summed E-state index contributed by atoms with van der Waals surface area (Å²) in [7, 11) is 0. The first-order valence-corrected chi connectivity index (χ1v) is 13.2. The molecule has 0 bridgehead atoms. The van der Waals surface area contributed by atoms with E-state index in [0.29, 0.717) is 13.2 Å². The van der Waals surface area contributed by atoms with Crippen LogP contribution in [0.3, 0.4) is 0 Å². The summed E-state index contributed by atoms with van der Waals surface area (Å²) in [6.07, 6.45) is 6.80. The smallest absolute Gasteiger partial charge is 0.309 e. The van der Waals surface area contributed by atoms with Crippen LogP contribution in [0.15, 0.2) is 71.3 Å². The number of nitrogens with zero attached hydrogens (tertiary/aromatic N) is 3. The minimum absolute atomic E-state index is 0.0272. The average Bonchev–Trinajstić information content (AvgIpc) is 3.31. The highest BCUT2D eigenvalue weighted by atomic mass is 16.5. The Hall–Kier alpha value is -3.25. The highest BCUT2D eigenvalue weighted by Crippen LogP contribution is 2.44. The number of ether oxygens (including phenoxy) is 1. The van der Waals surface area contributed by atoms with Crippen molar-refractivity contribution in [2.45, 2.75) is 45.1 Å². The maximum Gasteiger partial charge on any atom is 0.309 e. The molecule has 2 aromatic carbocycles. The van der Waals surface area contributed by atoms with Crippen molar-refractivity contribution in [2.75, 3.05) is 26.2 Å². The first kappa shape index (κ1) is 24.4. The van der Waals surface area contributed by atoms with E-state index < -0.39 is 0 Å². The Morgan fingerprint density at radius 2 is 1.69 bits per heavy atom. The second kappa shape index (κ2) is 11.2. The maximum absolute atomic E-state index is 13.7. The molecule has 6 nitrogen and oxygen atoms in total. The molecule has 0 aromatic heterocycles. The fourth-order valence-corrected chi connectivity index (χ4v) is 5.79. The molecule has 2 atom stereocenters. The van der Waals surface area contributed by atoms with Crippen molar-refractivity contribution >= 4 is 23.7 Å². The van der Waals surface area contributed by atoms with Crippen molar-refractivity contribution in [1.29, 1.82) is 0 Å². The van der Waals surface area contributed by atoms with E-state index in [4.69, 9.17) is 9.84 Å². The zero-order valence-electron chi connectivity index (χ0n) is 21.0. The number of hydrogen-bond acceptors (Lipinski definition) is 5. The van der Waals surface area contributed by atoms with E-state index in [1.807, 2.05) is 31.2 Å². The highest BCUT2D eigenvalue weighted by Gasteiger charge is 2.44. The molecule has 2 heterocycles. The Morgan fingerprint density at radius 3 is 2.39 bits per heavy atom. The summed E-state index contributed by atoms with van der Waals surface area (Å²) in [6.45, 7) is 4.01. The van der Waals surface area contributed by atoms with Gasteiger partial charge in [0.05, 0.1) is 30.8 Å². The van der Waals surface area contributed by atoms with E-state index in [0.717, 1.165) is 56.5 Å². The van der Waals surface area contributed by atoms with E-state index in [2.05, 4.69) is 47.4 Å². The molecule has 188 valence electrons. The number of esters is 1. The zero-order chi connectivity index (χ0) is 24.9. The molecule has 1 amide bonds. The second-order valence-corrected chi connectivity index (χ2v) is 9.96. The lowest BCUT2D eigenvalue weighted by Gasteiger charge is -2.33. The van der Waals surface area contributed by atoms with Gasteiger partial charge >= 0.3 is 5.97 Å². The van der Waals surface area contributed by atoms with Gasteiger partial charge in [0.2, 0.25) is 0 Å². The number of hydrogen-bond donors (Lipinski definition) is 0. The molecule has 36 heavy (non-hydrogen) atoms. The van der Waals surface area contributed by atoms with Crippen LogP contribution in [-0.2, 0) is 14.3 Å². The van der Waals surface area contributed by atoms with E-state index in [1.54, 1.807) is 5.01 Å². The summed E-state index contributed by atoms with van der Waals surface area (Å²) < 4.78 is 5.19. The van der Waals surface area contributed by atoms with Crippen molar-refractivity contribution in [1.82, 2.24) is 9.91 Å². The van der Waals surface area contributed by atoms with Crippen LogP contribution in [0.1, 0.15) is 56.2 Å². The third-order valence-corrected chi connectivity index (χ3v) is 7.61. The topological polar surface area (TPSA) is 62.2 Å². The number of rotatable bonds is 6. The monoisotopic (exact) mass is 485 g/mol. The molecule has 2 fully saturated rings.